The van der Waals surface area contributed by atoms with Gasteiger partial charge < -0.3 is 19.3 Å². The van der Waals surface area contributed by atoms with E-state index in [4.69, 9.17) is 19.3 Å². The van der Waals surface area contributed by atoms with E-state index >= 15 is 0 Å². The lowest BCUT2D eigenvalue weighted by Crippen LogP contribution is -2.29. The van der Waals surface area contributed by atoms with Crippen LogP contribution in [-0.2, 0) is 32.9 Å². The van der Waals surface area contributed by atoms with Crippen molar-refractivity contribution in [2.24, 2.45) is 0 Å². The van der Waals surface area contributed by atoms with Gasteiger partial charge in [0.25, 0.3) is 0 Å². The van der Waals surface area contributed by atoms with Gasteiger partial charge in [-0.25, -0.2) is 4.57 Å². The molecule has 0 aromatic rings. The Bertz CT molecular complexity index is 1310. The van der Waals surface area contributed by atoms with Gasteiger partial charge in [-0.05, 0) is 83.1 Å². The van der Waals surface area contributed by atoms with Gasteiger partial charge in [-0.2, -0.15) is 0 Å². The van der Waals surface area contributed by atoms with Crippen LogP contribution in [0.1, 0.15) is 136 Å². The summed E-state index contributed by atoms with van der Waals surface area (Å²) in [6.45, 7) is 3.34. The first-order chi connectivity index (χ1) is 26.7. The van der Waals surface area contributed by atoms with Crippen LogP contribution in [0.2, 0.25) is 0 Å². The second-order valence-electron chi connectivity index (χ2n) is 12.9. The number of rotatable bonds is 35. The fraction of sp³-hybridized carbons (Fsp3) is 0.533. The SMILES string of the molecule is CCCCC/C=C\C/C=C\C/C=C\C=C\C(=O)CCCC(=O)O[C@H](COC(=O)CC/C=C\C/C=C\C/C=C\C/C=C\C/C=C\CCCCC)COP(=O)(O)O. The van der Waals surface area contributed by atoms with Gasteiger partial charge in [0, 0.05) is 19.3 Å². The number of phosphoric acid groups is 1. The molecule has 0 saturated carbocycles. The largest absolute Gasteiger partial charge is 0.469 e. The van der Waals surface area contributed by atoms with E-state index in [0.29, 0.717) is 6.42 Å². The fourth-order valence-corrected chi connectivity index (χ4v) is 5.08. The molecule has 0 amide bonds. The Balaban J connectivity index is 4.29. The zero-order chi connectivity index (χ0) is 40.5. The minimum absolute atomic E-state index is 0.0868. The lowest BCUT2D eigenvalue weighted by Gasteiger charge is -2.18. The van der Waals surface area contributed by atoms with Gasteiger partial charge in [-0.3, -0.25) is 18.9 Å². The van der Waals surface area contributed by atoms with Gasteiger partial charge in [0.2, 0.25) is 0 Å². The maximum Gasteiger partial charge on any atom is 0.469 e. The summed E-state index contributed by atoms with van der Waals surface area (Å²) < 4.78 is 26.1. The van der Waals surface area contributed by atoms with Crippen molar-refractivity contribution in [3.05, 3.63) is 109 Å². The molecule has 308 valence electrons. The number of ether oxygens (including phenoxy) is 2. The van der Waals surface area contributed by atoms with Crippen LogP contribution < -0.4 is 0 Å². The number of hydrogen-bond acceptors (Lipinski definition) is 7. The summed E-state index contributed by atoms with van der Waals surface area (Å²) in [6.07, 6.45) is 51.1. The van der Waals surface area contributed by atoms with Gasteiger partial charge >= 0.3 is 19.8 Å². The van der Waals surface area contributed by atoms with Crippen molar-refractivity contribution >= 4 is 25.5 Å². The zero-order valence-electron chi connectivity index (χ0n) is 33.5. The van der Waals surface area contributed by atoms with E-state index in [9.17, 15) is 18.9 Å². The van der Waals surface area contributed by atoms with E-state index in [1.807, 2.05) is 18.2 Å². The van der Waals surface area contributed by atoms with Crippen LogP contribution in [0.4, 0.5) is 0 Å². The third kappa shape index (κ3) is 41.4. The van der Waals surface area contributed by atoms with E-state index < -0.39 is 39.1 Å². The van der Waals surface area contributed by atoms with Crippen LogP contribution in [-0.4, -0.2) is 46.8 Å². The molecule has 0 rings (SSSR count). The Morgan fingerprint density at radius 2 is 1.00 bits per heavy atom. The number of ketones is 1. The predicted molar refractivity (Wildman–Crippen MR) is 225 cm³/mol. The monoisotopic (exact) mass is 784 g/mol. The molecule has 0 aromatic carbocycles. The lowest BCUT2D eigenvalue weighted by atomic mass is 10.1. The quantitative estimate of drug-likeness (QED) is 0.0161. The summed E-state index contributed by atoms with van der Waals surface area (Å²) >= 11 is 0. The zero-order valence-corrected chi connectivity index (χ0v) is 34.4. The minimum atomic E-state index is -4.84. The first-order valence-electron chi connectivity index (χ1n) is 20.1. The molecule has 55 heavy (non-hydrogen) atoms. The average Bonchev–Trinajstić information content (AvgIpc) is 3.15. The first kappa shape index (κ1) is 51.4. The smallest absolute Gasteiger partial charge is 0.462 e. The van der Waals surface area contributed by atoms with Crippen LogP contribution in [0, 0.1) is 0 Å². The van der Waals surface area contributed by atoms with E-state index in [0.717, 1.165) is 44.9 Å². The fourth-order valence-electron chi connectivity index (χ4n) is 4.72. The van der Waals surface area contributed by atoms with Crippen molar-refractivity contribution in [1.82, 2.24) is 0 Å². The molecule has 9 nitrogen and oxygen atoms in total. The van der Waals surface area contributed by atoms with Crippen LogP contribution in [0.3, 0.4) is 0 Å². The Kier molecular flexibility index (Phi) is 36.1. The Labute approximate surface area is 332 Å². The lowest BCUT2D eigenvalue weighted by molar-refractivity contribution is -0.161. The molecule has 0 heterocycles. The summed E-state index contributed by atoms with van der Waals surface area (Å²) in [4.78, 5) is 54.9. The summed E-state index contributed by atoms with van der Waals surface area (Å²) in [5.41, 5.74) is 0. The molecule has 10 heteroatoms. The van der Waals surface area contributed by atoms with Crippen molar-refractivity contribution < 1.29 is 42.7 Å². The maximum atomic E-state index is 12.4. The molecule has 0 aliphatic heterocycles. The molecule has 0 spiro atoms. The second-order valence-corrected chi connectivity index (χ2v) is 14.2. The van der Waals surface area contributed by atoms with E-state index in [-0.39, 0.29) is 31.5 Å². The molecule has 0 aromatic heterocycles. The van der Waals surface area contributed by atoms with Gasteiger partial charge in [-0.1, -0.05) is 143 Å². The number of esters is 2. The van der Waals surface area contributed by atoms with E-state index in [1.165, 1.54) is 51.0 Å². The highest BCUT2D eigenvalue weighted by atomic mass is 31.2. The van der Waals surface area contributed by atoms with E-state index in [1.54, 1.807) is 12.2 Å². The van der Waals surface area contributed by atoms with Crippen LogP contribution in [0.15, 0.2) is 109 Å². The van der Waals surface area contributed by atoms with Gasteiger partial charge in [0.1, 0.15) is 6.61 Å². The number of allylic oxidation sites excluding steroid dienone is 18. The van der Waals surface area contributed by atoms with Gasteiger partial charge in [-0.15, -0.1) is 0 Å². The predicted octanol–water partition coefficient (Wildman–Crippen LogP) is 11.6. The van der Waals surface area contributed by atoms with Crippen molar-refractivity contribution in [3.8, 4) is 0 Å². The maximum absolute atomic E-state index is 12.4. The third-order valence-electron chi connectivity index (χ3n) is 7.75. The standard InChI is InChI=1S/C45H69O9P/c1-3-5-7-9-11-13-15-17-18-19-20-21-22-24-26-28-30-32-34-38-44(47)52-40-43(41-53-55(49,50)51)54-45(48)39-35-37-42(46)36-33-31-29-27-25-23-16-14-12-10-8-6-4-2/h11-14,17-18,20-21,23-26,29-33,36,43H,3-10,15-16,19,22,27-28,34-35,37-41H2,1-2H3,(H2,49,50,51)/b13-11-,14-12-,18-17-,21-20-,25-23-,26-24-,31-29-,32-30-,36-33+/t43-/m1/s1. The molecule has 0 saturated heterocycles. The highest BCUT2D eigenvalue weighted by Crippen LogP contribution is 2.35. The molecule has 2 N–H and O–H groups in total. The number of carbonyl (C=O) groups excluding carboxylic acids is 3. The second kappa shape index (κ2) is 38.6. The highest BCUT2D eigenvalue weighted by molar-refractivity contribution is 7.46. The number of unbranched alkanes of at least 4 members (excludes halogenated alkanes) is 6. The van der Waals surface area contributed by atoms with Crippen molar-refractivity contribution in [2.75, 3.05) is 13.2 Å². The summed E-state index contributed by atoms with van der Waals surface area (Å²) in [5, 5.41) is 0. The minimum Gasteiger partial charge on any atom is -0.462 e. The molecule has 0 aliphatic rings. The molecule has 1 atom stereocenters. The Morgan fingerprint density at radius 1 is 0.527 bits per heavy atom. The number of hydrogen-bond donors (Lipinski definition) is 2. The molecular weight excluding hydrogens is 715 g/mol. The van der Waals surface area contributed by atoms with Crippen molar-refractivity contribution in [1.29, 1.82) is 0 Å². The molecule has 0 bridgehead atoms. The van der Waals surface area contributed by atoms with Gasteiger partial charge in [0.05, 0.1) is 6.61 Å². The van der Waals surface area contributed by atoms with Crippen LogP contribution in [0.25, 0.3) is 0 Å². The highest BCUT2D eigenvalue weighted by Gasteiger charge is 2.23. The van der Waals surface area contributed by atoms with Gasteiger partial charge in [0.15, 0.2) is 11.9 Å². The van der Waals surface area contributed by atoms with Crippen molar-refractivity contribution in [3.63, 3.8) is 0 Å². The summed E-state index contributed by atoms with van der Waals surface area (Å²) in [6, 6.07) is 0. The topological polar surface area (TPSA) is 136 Å². The molecule has 0 fully saturated rings. The molecular formula is C45H69O9P. The normalized spacial score (nSPS) is 13.5. The Hall–Kier alpha value is -3.62. The average molecular weight is 785 g/mol. The van der Waals surface area contributed by atoms with Crippen LogP contribution in [0.5, 0.6) is 0 Å². The van der Waals surface area contributed by atoms with Crippen molar-refractivity contribution in [2.45, 2.75) is 142 Å². The summed E-state index contributed by atoms with van der Waals surface area (Å²) in [5.74, 6) is -1.40. The van der Waals surface area contributed by atoms with E-state index in [2.05, 4.69) is 91.3 Å². The molecule has 0 radical (unpaired) electrons. The summed E-state index contributed by atoms with van der Waals surface area (Å²) in [7, 11) is -4.84. The first-order valence-corrected chi connectivity index (χ1v) is 21.7. The number of carbonyl (C=O) groups is 3. The Morgan fingerprint density at radius 3 is 1.49 bits per heavy atom. The third-order valence-corrected chi connectivity index (χ3v) is 8.24. The molecule has 0 unspecified atom stereocenters. The number of phosphoric ester groups is 1. The van der Waals surface area contributed by atoms with Crippen LogP contribution >= 0.6 is 7.82 Å². The molecule has 0 aliphatic carbocycles.